The highest BCUT2D eigenvalue weighted by molar-refractivity contribution is 5.85. The number of hydrogen-bond acceptors (Lipinski definition) is 3. The van der Waals surface area contributed by atoms with Crippen LogP contribution in [0, 0.1) is 5.92 Å². The van der Waals surface area contributed by atoms with Gasteiger partial charge in [0.25, 0.3) is 0 Å². The second-order valence-corrected chi connectivity index (χ2v) is 2.58. The van der Waals surface area contributed by atoms with E-state index in [2.05, 4.69) is 0 Å². The summed E-state index contributed by atoms with van der Waals surface area (Å²) < 4.78 is 4.82. The molecule has 0 amide bonds. The van der Waals surface area contributed by atoms with Crippen molar-refractivity contribution in [2.45, 2.75) is 26.7 Å². The highest BCUT2D eigenvalue weighted by Crippen LogP contribution is 2.06. The Kier molecular flexibility index (Phi) is 10.5. The lowest BCUT2D eigenvalue weighted by Crippen LogP contribution is -2.15. The zero-order valence-corrected chi connectivity index (χ0v) is 8.52. The Morgan fingerprint density at radius 1 is 1.58 bits per heavy atom. The van der Waals surface area contributed by atoms with Crippen LogP contribution in [0.4, 0.5) is 0 Å². The van der Waals surface area contributed by atoms with Crippen molar-refractivity contribution in [2.24, 2.45) is 11.7 Å². The number of carbonyl (C=O) groups is 1. The second kappa shape index (κ2) is 8.81. The lowest BCUT2D eigenvalue weighted by atomic mass is 10.1. The minimum atomic E-state index is -0.110. The van der Waals surface area contributed by atoms with E-state index in [9.17, 15) is 4.79 Å². The van der Waals surface area contributed by atoms with E-state index in [1.165, 1.54) is 0 Å². The molecule has 0 fully saturated rings. The van der Waals surface area contributed by atoms with Gasteiger partial charge in [0, 0.05) is 0 Å². The fraction of sp³-hybridized carbons (Fsp3) is 0.875. The van der Waals surface area contributed by atoms with Gasteiger partial charge >= 0.3 is 5.97 Å². The summed E-state index contributed by atoms with van der Waals surface area (Å²) in [5.74, 6) is -0.112. The van der Waals surface area contributed by atoms with Gasteiger partial charge in [-0.2, -0.15) is 0 Å². The fourth-order valence-electron chi connectivity index (χ4n) is 0.826. The Morgan fingerprint density at radius 3 is 2.58 bits per heavy atom. The van der Waals surface area contributed by atoms with Crippen LogP contribution in [0.5, 0.6) is 0 Å². The molecular formula is C8H18ClNO2. The van der Waals surface area contributed by atoms with Gasteiger partial charge in [0.1, 0.15) is 0 Å². The molecular weight excluding hydrogens is 178 g/mol. The van der Waals surface area contributed by atoms with Crippen molar-refractivity contribution in [1.82, 2.24) is 0 Å². The van der Waals surface area contributed by atoms with Crippen LogP contribution in [0.2, 0.25) is 0 Å². The summed E-state index contributed by atoms with van der Waals surface area (Å²) in [6.45, 7) is 4.79. The predicted molar refractivity (Wildman–Crippen MR) is 51.3 cm³/mol. The lowest BCUT2D eigenvalue weighted by molar-refractivity contribution is -0.147. The number of carbonyl (C=O) groups excluding carboxylic acids is 1. The monoisotopic (exact) mass is 195 g/mol. The summed E-state index contributed by atoms with van der Waals surface area (Å²) in [5, 5.41) is 0. The van der Waals surface area contributed by atoms with Gasteiger partial charge in [-0.15, -0.1) is 12.4 Å². The number of nitrogens with two attached hydrogens (primary N) is 1. The fourth-order valence-corrected chi connectivity index (χ4v) is 0.826. The van der Waals surface area contributed by atoms with Crippen LogP contribution in [0.1, 0.15) is 26.7 Å². The molecule has 0 radical (unpaired) electrons. The Labute approximate surface area is 80.1 Å². The van der Waals surface area contributed by atoms with Gasteiger partial charge in [0.05, 0.1) is 12.5 Å². The van der Waals surface area contributed by atoms with Crippen LogP contribution < -0.4 is 5.73 Å². The molecule has 0 rings (SSSR count). The molecule has 0 spiro atoms. The first-order valence-electron chi connectivity index (χ1n) is 4.09. The maximum Gasteiger partial charge on any atom is 0.308 e. The second-order valence-electron chi connectivity index (χ2n) is 2.58. The first-order chi connectivity index (χ1) is 5.22. The van der Waals surface area contributed by atoms with Crippen molar-refractivity contribution in [2.75, 3.05) is 13.2 Å². The van der Waals surface area contributed by atoms with E-state index in [1.54, 1.807) is 0 Å². The Morgan fingerprint density at radius 2 is 2.17 bits per heavy atom. The SMILES string of the molecule is CCOC(=O)C(C)CCCN.Cl. The molecule has 0 aromatic carbocycles. The minimum Gasteiger partial charge on any atom is -0.466 e. The highest BCUT2D eigenvalue weighted by Gasteiger charge is 2.12. The van der Waals surface area contributed by atoms with Crippen LogP contribution in [-0.2, 0) is 9.53 Å². The Balaban J connectivity index is 0. The molecule has 74 valence electrons. The van der Waals surface area contributed by atoms with Gasteiger partial charge < -0.3 is 10.5 Å². The average molecular weight is 196 g/mol. The largest absolute Gasteiger partial charge is 0.466 e. The molecule has 0 aliphatic heterocycles. The van der Waals surface area contributed by atoms with Crippen LogP contribution in [0.3, 0.4) is 0 Å². The van der Waals surface area contributed by atoms with Crippen LogP contribution >= 0.6 is 12.4 Å². The van der Waals surface area contributed by atoms with Crippen molar-refractivity contribution in [3.8, 4) is 0 Å². The van der Waals surface area contributed by atoms with Gasteiger partial charge in [-0.05, 0) is 26.3 Å². The lowest BCUT2D eigenvalue weighted by Gasteiger charge is -2.08. The molecule has 0 aromatic heterocycles. The quantitative estimate of drug-likeness (QED) is 0.674. The van der Waals surface area contributed by atoms with Gasteiger partial charge in [0.2, 0.25) is 0 Å². The van der Waals surface area contributed by atoms with E-state index in [1.807, 2.05) is 13.8 Å². The van der Waals surface area contributed by atoms with E-state index in [-0.39, 0.29) is 24.3 Å². The van der Waals surface area contributed by atoms with Gasteiger partial charge in [-0.1, -0.05) is 6.92 Å². The summed E-state index contributed by atoms with van der Waals surface area (Å²) in [6.07, 6.45) is 1.72. The molecule has 0 aromatic rings. The summed E-state index contributed by atoms with van der Waals surface area (Å²) in [7, 11) is 0. The van der Waals surface area contributed by atoms with Crippen LogP contribution in [0.25, 0.3) is 0 Å². The maximum absolute atomic E-state index is 11.0. The van der Waals surface area contributed by atoms with E-state index in [0.717, 1.165) is 12.8 Å². The zero-order chi connectivity index (χ0) is 8.69. The number of halogens is 1. The summed E-state index contributed by atoms with van der Waals surface area (Å²) in [5.41, 5.74) is 5.30. The number of hydrogen-bond donors (Lipinski definition) is 1. The van der Waals surface area contributed by atoms with E-state index >= 15 is 0 Å². The minimum absolute atomic E-state index is 0. The molecule has 1 atom stereocenters. The van der Waals surface area contributed by atoms with Crippen molar-refractivity contribution in [3.63, 3.8) is 0 Å². The topological polar surface area (TPSA) is 52.3 Å². The summed E-state index contributed by atoms with van der Waals surface area (Å²) in [4.78, 5) is 11.0. The third kappa shape index (κ3) is 6.43. The average Bonchev–Trinajstić information content (AvgIpc) is 2.00. The molecule has 0 saturated carbocycles. The van der Waals surface area contributed by atoms with Gasteiger partial charge in [-0.25, -0.2) is 0 Å². The third-order valence-corrected chi connectivity index (χ3v) is 1.53. The molecule has 1 unspecified atom stereocenters. The molecule has 0 aliphatic carbocycles. The van der Waals surface area contributed by atoms with E-state index < -0.39 is 0 Å². The maximum atomic E-state index is 11.0. The Bertz CT molecular complexity index is 120. The van der Waals surface area contributed by atoms with Gasteiger partial charge in [0.15, 0.2) is 0 Å². The van der Waals surface area contributed by atoms with E-state index in [4.69, 9.17) is 10.5 Å². The van der Waals surface area contributed by atoms with Crippen molar-refractivity contribution < 1.29 is 9.53 Å². The van der Waals surface area contributed by atoms with Crippen molar-refractivity contribution in [1.29, 1.82) is 0 Å². The first kappa shape index (κ1) is 14.3. The van der Waals surface area contributed by atoms with Gasteiger partial charge in [-0.3, -0.25) is 4.79 Å². The van der Waals surface area contributed by atoms with Crippen molar-refractivity contribution >= 4 is 18.4 Å². The number of esters is 1. The van der Waals surface area contributed by atoms with Crippen LogP contribution in [0.15, 0.2) is 0 Å². The third-order valence-electron chi connectivity index (χ3n) is 1.53. The molecule has 0 bridgehead atoms. The van der Waals surface area contributed by atoms with E-state index in [0.29, 0.717) is 13.2 Å². The normalized spacial score (nSPS) is 11.6. The predicted octanol–water partition coefficient (Wildman–Crippen LogP) is 1.35. The number of ether oxygens (including phenoxy) is 1. The summed E-state index contributed by atoms with van der Waals surface area (Å²) >= 11 is 0. The molecule has 0 aliphatic rings. The zero-order valence-electron chi connectivity index (χ0n) is 7.71. The Hall–Kier alpha value is -0.280. The standard InChI is InChI=1S/C8H17NO2.ClH/c1-3-11-8(10)7(2)5-4-6-9;/h7H,3-6,9H2,1-2H3;1H. The van der Waals surface area contributed by atoms with Crippen LogP contribution in [-0.4, -0.2) is 19.1 Å². The highest BCUT2D eigenvalue weighted by atomic mass is 35.5. The van der Waals surface area contributed by atoms with Crippen molar-refractivity contribution in [3.05, 3.63) is 0 Å². The summed E-state index contributed by atoms with van der Waals surface area (Å²) in [6, 6.07) is 0. The molecule has 2 N–H and O–H groups in total. The molecule has 4 heteroatoms. The molecule has 12 heavy (non-hydrogen) atoms. The first-order valence-corrected chi connectivity index (χ1v) is 4.09. The smallest absolute Gasteiger partial charge is 0.308 e. The molecule has 0 saturated heterocycles. The molecule has 0 heterocycles. The number of rotatable bonds is 5. The molecule has 3 nitrogen and oxygen atoms in total.